The van der Waals surface area contributed by atoms with Crippen molar-refractivity contribution in [2.24, 2.45) is 7.05 Å². The van der Waals surface area contributed by atoms with Crippen molar-refractivity contribution in [3.8, 4) is 0 Å². The van der Waals surface area contributed by atoms with E-state index in [1.807, 2.05) is 0 Å². The summed E-state index contributed by atoms with van der Waals surface area (Å²) < 4.78 is 67.7. The van der Waals surface area contributed by atoms with Gasteiger partial charge in [0.2, 0.25) is 0 Å². The number of para-hydroxylation sites is 1. The number of nitrogens with one attached hydrogen (secondary N) is 1. The van der Waals surface area contributed by atoms with Crippen LogP contribution in [-0.2, 0) is 23.2 Å². The van der Waals surface area contributed by atoms with Gasteiger partial charge in [-0.3, -0.25) is 4.72 Å². The molecule has 0 radical (unpaired) electrons. The number of alkyl halides is 3. The fraction of sp³-hybridized carbons (Fsp3) is 0.125. The molecule has 0 aliphatic carbocycles. The average Bonchev–Trinajstić information content (AvgIpc) is 3.01. The number of anilines is 1. The van der Waals surface area contributed by atoms with Crippen LogP contribution in [0.1, 0.15) is 5.56 Å². The number of nitrogens with zero attached hydrogens (tertiary/aromatic N) is 3. The van der Waals surface area contributed by atoms with Crippen LogP contribution in [-0.4, -0.2) is 23.2 Å². The molecule has 0 amide bonds. The lowest BCUT2D eigenvalue weighted by atomic mass is 10.2. The Morgan fingerprint density at radius 2 is 1.85 bits per heavy atom. The third-order valence-corrected chi connectivity index (χ3v) is 5.97. The molecular formula is C16H13F3N4O2S2. The standard InChI is InChI=1S/C16H13F3N4O2S2/c1-23-10-20-21-15(23)26-14-8-3-2-7-13(14)22-27(24,25)12-6-4-5-11(9-12)16(17,18)19/h2-10,22H,1H3. The minimum atomic E-state index is -4.63. The summed E-state index contributed by atoms with van der Waals surface area (Å²) in [5.41, 5.74) is -0.810. The van der Waals surface area contributed by atoms with Crippen molar-refractivity contribution < 1.29 is 21.6 Å². The van der Waals surface area contributed by atoms with E-state index in [1.54, 1.807) is 29.8 Å². The highest BCUT2D eigenvalue weighted by atomic mass is 32.2. The highest BCUT2D eigenvalue weighted by molar-refractivity contribution is 7.99. The molecule has 0 atom stereocenters. The first-order chi connectivity index (χ1) is 12.7. The van der Waals surface area contributed by atoms with Gasteiger partial charge in [0.1, 0.15) is 6.33 Å². The molecule has 0 saturated carbocycles. The molecule has 1 N–H and O–H groups in total. The molecule has 0 aliphatic heterocycles. The monoisotopic (exact) mass is 414 g/mol. The van der Waals surface area contributed by atoms with Gasteiger partial charge in [-0.25, -0.2) is 8.42 Å². The van der Waals surface area contributed by atoms with Gasteiger partial charge in [-0.1, -0.05) is 18.2 Å². The maximum absolute atomic E-state index is 12.9. The van der Waals surface area contributed by atoms with Gasteiger partial charge < -0.3 is 4.57 Å². The predicted molar refractivity (Wildman–Crippen MR) is 93.8 cm³/mol. The highest BCUT2D eigenvalue weighted by Crippen LogP contribution is 2.34. The summed E-state index contributed by atoms with van der Waals surface area (Å²) in [4.78, 5) is 0.0555. The zero-order valence-corrected chi connectivity index (χ0v) is 15.4. The summed E-state index contributed by atoms with van der Waals surface area (Å²) in [6.07, 6.45) is -3.14. The van der Waals surface area contributed by atoms with Crippen LogP contribution >= 0.6 is 11.8 Å². The predicted octanol–water partition coefficient (Wildman–Crippen LogP) is 3.79. The summed E-state index contributed by atoms with van der Waals surface area (Å²) in [5.74, 6) is 0. The van der Waals surface area contributed by atoms with Gasteiger partial charge in [-0.2, -0.15) is 13.2 Å². The average molecular weight is 414 g/mol. The Morgan fingerprint density at radius 1 is 1.11 bits per heavy atom. The molecule has 1 aromatic heterocycles. The van der Waals surface area contributed by atoms with Crippen molar-refractivity contribution in [3.05, 3.63) is 60.4 Å². The van der Waals surface area contributed by atoms with E-state index in [4.69, 9.17) is 0 Å². The maximum Gasteiger partial charge on any atom is 0.416 e. The Balaban J connectivity index is 1.92. The summed E-state index contributed by atoms with van der Waals surface area (Å²) in [7, 11) is -2.48. The van der Waals surface area contributed by atoms with Crippen LogP contribution in [0.2, 0.25) is 0 Å². The van der Waals surface area contributed by atoms with Crippen LogP contribution in [0, 0.1) is 0 Å². The molecule has 142 valence electrons. The lowest BCUT2D eigenvalue weighted by Crippen LogP contribution is -2.15. The second-order valence-electron chi connectivity index (χ2n) is 5.45. The first kappa shape index (κ1) is 19.2. The fourth-order valence-corrected chi connectivity index (χ4v) is 4.19. The number of aryl methyl sites for hydroxylation is 1. The molecule has 0 spiro atoms. The van der Waals surface area contributed by atoms with E-state index in [1.165, 1.54) is 24.2 Å². The van der Waals surface area contributed by atoms with Crippen LogP contribution in [0.15, 0.2) is 69.8 Å². The molecule has 0 saturated heterocycles. The number of hydrogen-bond donors (Lipinski definition) is 1. The zero-order chi connectivity index (χ0) is 19.7. The van der Waals surface area contributed by atoms with Crippen molar-refractivity contribution >= 4 is 27.5 Å². The largest absolute Gasteiger partial charge is 0.416 e. The zero-order valence-electron chi connectivity index (χ0n) is 13.8. The van der Waals surface area contributed by atoms with Crippen molar-refractivity contribution in [3.63, 3.8) is 0 Å². The second kappa shape index (κ2) is 7.24. The molecule has 1 heterocycles. The van der Waals surface area contributed by atoms with E-state index in [9.17, 15) is 21.6 Å². The number of benzene rings is 2. The Morgan fingerprint density at radius 3 is 2.52 bits per heavy atom. The summed E-state index contributed by atoms with van der Waals surface area (Å²) in [6, 6.07) is 10.1. The van der Waals surface area contributed by atoms with Crippen LogP contribution < -0.4 is 4.72 Å². The maximum atomic E-state index is 12.9. The normalized spacial score (nSPS) is 12.1. The second-order valence-corrected chi connectivity index (χ2v) is 8.15. The number of sulfonamides is 1. The van der Waals surface area contributed by atoms with E-state index >= 15 is 0 Å². The Hall–Kier alpha value is -2.53. The quantitative estimate of drug-likeness (QED) is 0.688. The Bertz CT molecular complexity index is 1070. The minimum absolute atomic E-state index is 0.225. The van der Waals surface area contributed by atoms with Gasteiger partial charge in [-0.15, -0.1) is 10.2 Å². The van der Waals surface area contributed by atoms with Crippen LogP contribution in [0.5, 0.6) is 0 Å². The summed E-state index contributed by atoms with van der Waals surface area (Å²) in [6.45, 7) is 0. The van der Waals surface area contributed by atoms with E-state index in [0.717, 1.165) is 18.2 Å². The first-order valence-corrected chi connectivity index (χ1v) is 9.78. The third kappa shape index (κ3) is 4.42. The molecule has 3 aromatic rings. The smallest absolute Gasteiger partial charge is 0.311 e. The Kier molecular flexibility index (Phi) is 5.16. The molecule has 0 bridgehead atoms. The molecule has 0 unspecified atom stereocenters. The first-order valence-electron chi connectivity index (χ1n) is 7.48. The van der Waals surface area contributed by atoms with E-state index in [-0.39, 0.29) is 5.69 Å². The number of aromatic nitrogens is 3. The summed E-state index contributed by atoms with van der Waals surface area (Å²) in [5, 5.41) is 8.20. The molecule has 11 heteroatoms. The van der Waals surface area contributed by atoms with Gasteiger partial charge in [0.25, 0.3) is 10.0 Å². The van der Waals surface area contributed by atoms with E-state index in [0.29, 0.717) is 16.1 Å². The molecular weight excluding hydrogens is 401 g/mol. The van der Waals surface area contributed by atoms with Gasteiger partial charge >= 0.3 is 6.18 Å². The molecule has 0 fully saturated rings. The minimum Gasteiger partial charge on any atom is -0.311 e. The molecule has 3 rings (SSSR count). The SMILES string of the molecule is Cn1cnnc1Sc1ccccc1NS(=O)(=O)c1cccc(C(F)(F)F)c1. The van der Waals surface area contributed by atoms with Gasteiger partial charge in [0, 0.05) is 11.9 Å². The number of halogens is 3. The van der Waals surface area contributed by atoms with Crippen molar-refractivity contribution in [1.29, 1.82) is 0 Å². The van der Waals surface area contributed by atoms with Crippen molar-refractivity contribution in [1.82, 2.24) is 14.8 Å². The van der Waals surface area contributed by atoms with Crippen LogP contribution in [0.3, 0.4) is 0 Å². The molecule has 6 nitrogen and oxygen atoms in total. The van der Waals surface area contributed by atoms with Crippen LogP contribution in [0.4, 0.5) is 18.9 Å². The van der Waals surface area contributed by atoms with Gasteiger partial charge in [0.05, 0.1) is 16.1 Å². The number of rotatable bonds is 5. The summed E-state index contributed by atoms with van der Waals surface area (Å²) >= 11 is 1.17. The third-order valence-electron chi connectivity index (χ3n) is 3.47. The highest BCUT2D eigenvalue weighted by Gasteiger charge is 2.31. The fourth-order valence-electron chi connectivity index (χ4n) is 2.15. The molecule has 2 aromatic carbocycles. The van der Waals surface area contributed by atoms with Crippen molar-refractivity contribution in [2.45, 2.75) is 21.1 Å². The Labute approximate surface area is 157 Å². The molecule has 0 aliphatic rings. The van der Waals surface area contributed by atoms with Crippen molar-refractivity contribution in [2.75, 3.05) is 4.72 Å². The van der Waals surface area contributed by atoms with Crippen LogP contribution in [0.25, 0.3) is 0 Å². The number of hydrogen-bond acceptors (Lipinski definition) is 5. The lowest BCUT2D eigenvalue weighted by molar-refractivity contribution is -0.137. The molecule has 27 heavy (non-hydrogen) atoms. The lowest BCUT2D eigenvalue weighted by Gasteiger charge is -2.13. The van der Waals surface area contributed by atoms with E-state index < -0.39 is 26.7 Å². The van der Waals surface area contributed by atoms with E-state index in [2.05, 4.69) is 14.9 Å². The van der Waals surface area contributed by atoms with Gasteiger partial charge in [0.15, 0.2) is 5.16 Å². The topological polar surface area (TPSA) is 76.9 Å². The van der Waals surface area contributed by atoms with Gasteiger partial charge in [-0.05, 0) is 42.1 Å².